The summed E-state index contributed by atoms with van der Waals surface area (Å²) in [5, 5.41) is 0. The molecule has 0 N–H and O–H groups in total. The van der Waals surface area contributed by atoms with Gasteiger partial charge in [0.05, 0.1) is 12.7 Å². The Morgan fingerprint density at radius 1 is 1.16 bits per heavy atom. The van der Waals surface area contributed by atoms with Gasteiger partial charge < -0.3 is 4.74 Å². The standard InChI is InChI=1S/C17H18O2/c1-4-13-11-15(14-8-6-5-7-9-14)12(2)10-16(13)17(18)19-3/h5-11H,4H2,1-3H3. The van der Waals surface area contributed by atoms with Crippen molar-refractivity contribution in [1.29, 1.82) is 0 Å². The summed E-state index contributed by atoms with van der Waals surface area (Å²) >= 11 is 0. The lowest BCUT2D eigenvalue weighted by Crippen LogP contribution is -2.06. The summed E-state index contributed by atoms with van der Waals surface area (Å²) in [5.41, 5.74) is 5.12. The van der Waals surface area contributed by atoms with Gasteiger partial charge >= 0.3 is 5.97 Å². The molecule has 0 heterocycles. The summed E-state index contributed by atoms with van der Waals surface area (Å²) < 4.78 is 4.84. The van der Waals surface area contributed by atoms with E-state index in [4.69, 9.17) is 4.74 Å². The highest BCUT2D eigenvalue weighted by Gasteiger charge is 2.14. The van der Waals surface area contributed by atoms with Crippen molar-refractivity contribution >= 4 is 5.97 Å². The SMILES string of the molecule is CCc1cc(-c2ccccc2)c(C)cc1C(=O)OC. The molecule has 0 aromatic heterocycles. The molecule has 0 saturated carbocycles. The summed E-state index contributed by atoms with van der Waals surface area (Å²) in [4.78, 5) is 11.8. The molecule has 2 aromatic carbocycles. The summed E-state index contributed by atoms with van der Waals surface area (Å²) in [6.07, 6.45) is 0.810. The fraction of sp³-hybridized carbons (Fsp3) is 0.235. The van der Waals surface area contributed by atoms with E-state index in [1.54, 1.807) is 0 Å². The number of hydrogen-bond acceptors (Lipinski definition) is 2. The van der Waals surface area contributed by atoms with E-state index in [2.05, 4.69) is 18.2 Å². The van der Waals surface area contributed by atoms with Gasteiger partial charge in [-0.1, -0.05) is 43.3 Å². The molecule has 0 amide bonds. The van der Waals surface area contributed by atoms with Crippen molar-refractivity contribution in [3.63, 3.8) is 0 Å². The van der Waals surface area contributed by atoms with Gasteiger partial charge in [-0.25, -0.2) is 4.79 Å². The molecule has 2 rings (SSSR count). The summed E-state index contributed by atoms with van der Waals surface area (Å²) in [6, 6.07) is 14.2. The first-order chi connectivity index (χ1) is 9.17. The fourth-order valence-corrected chi connectivity index (χ4v) is 2.27. The van der Waals surface area contributed by atoms with Crippen molar-refractivity contribution in [3.8, 4) is 11.1 Å². The van der Waals surface area contributed by atoms with E-state index >= 15 is 0 Å². The fourth-order valence-electron chi connectivity index (χ4n) is 2.27. The second-order valence-corrected chi connectivity index (χ2v) is 4.54. The molecule has 0 spiro atoms. The Morgan fingerprint density at radius 2 is 1.84 bits per heavy atom. The van der Waals surface area contributed by atoms with Crippen LogP contribution in [0.25, 0.3) is 11.1 Å². The minimum absolute atomic E-state index is 0.264. The van der Waals surface area contributed by atoms with Crippen LogP contribution in [0.1, 0.15) is 28.4 Å². The highest BCUT2D eigenvalue weighted by atomic mass is 16.5. The molecule has 2 nitrogen and oxygen atoms in total. The van der Waals surface area contributed by atoms with Crippen molar-refractivity contribution in [2.24, 2.45) is 0 Å². The van der Waals surface area contributed by atoms with E-state index in [0.29, 0.717) is 5.56 Å². The molecule has 0 aliphatic rings. The second-order valence-electron chi connectivity index (χ2n) is 4.54. The zero-order valence-corrected chi connectivity index (χ0v) is 11.6. The monoisotopic (exact) mass is 254 g/mol. The molecule has 0 radical (unpaired) electrons. The lowest BCUT2D eigenvalue weighted by Gasteiger charge is -2.12. The van der Waals surface area contributed by atoms with Crippen LogP contribution in [0.5, 0.6) is 0 Å². The Kier molecular flexibility index (Phi) is 4.00. The Morgan fingerprint density at radius 3 is 2.42 bits per heavy atom. The van der Waals surface area contributed by atoms with Crippen LogP contribution in [0.2, 0.25) is 0 Å². The van der Waals surface area contributed by atoms with Crippen LogP contribution < -0.4 is 0 Å². The van der Waals surface area contributed by atoms with Crippen molar-refractivity contribution < 1.29 is 9.53 Å². The van der Waals surface area contributed by atoms with E-state index in [1.807, 2.05) is 38.1 Å². The Balaban J connectivity index is 2.57. The maximum atomic E-state index is 11.8. The molecule has 0 aliphatic carbocycles. The number of hydrogen-bond donors (Lipinski definition) is 0. The van der Waals surface area contributed by atoms with Gasteiger partial charge in [-0.05, 0) is 41.7 Å². The summed E-state index contributed by atoms with van der Waals surface area (Å²) in [7, 11) is 1.42. The molecular formula is C17H18O2. The number of benzene rings is 2. The summed E-state index contributed by atoms with van der Waals surface area (Å²) in [6.45, 7) is 4.07. The molecule has 0 fully saturated rings. The first kappa shape index (κ1) is 13.3. The Labute approximate surface area is 114 Å². The van der Waals surface area contributed by atoms with Gasteiger partial charge in [0, 0.05) is 0 Å². The lowest BCUT2D eigenvalue weighted by atomic mass is 9.93. The van der Waals surface area contributed by atoms with Crippen LogP contribution in [-0.2, 0) is 11.2 Å². The van der Waals surface area contributed by atoms with Crippen LogP contribution in [-0.4, -0.2) is 13.1 Å². The maximum Gasteiger partial charge on any atom is 0.338 e. The number of methoxy groups -OCH3 is 1. The summed E-state index contributed by atoms with van der Waals surface area (Å²) in [5.74, 6) is -0.264. The minimum atomic E-state index is -0.264. The van der Waals surface area contributed by atoms with Gasteiger partial charge in [0.15, 0.2) is 0 Å². The van der Waals surface area contributed by atoms with Crippen LogP contribution in [0, 0.1) is 6.92 Å². The number of rotatable bonds is 3. The third-order valence-electron chi connectivity index (χ3n) is 3.32. The molecule has 0 unspecified atom stereocenters. The van der Waals surface area contributed by atoms with Gasteiger partial charge in [0.2, 0.25) is 0 Å². The second kappa shape index (κ2) is 5.70. The van der Waals surface area contributed by atoms with E-state index in [1.165, 1.54) is 18.2 Å². The van der Waals surface area contributed by atoms with Crippen LogP contribution >= 0.6 is 0 Å². The first-order valence-corrected chi connectivity index (χ1v) is 6.44. The molecule has 19 heavy (non-hydrogen) atoms. The number of aryl methyl sites for hydroxylation is 2. The molecule has 0 atom stereocenters. The van der Waals surface area contributed by atoms with Crippen LogP contribution in [0.4, 0.5) is 0 Å². The third kappa shape index (κ3) is 2.68. The molecule has 0 saturated heterocycles. The van der Waals surface area contributed by atoms with Gasteiger partial charge in [0.25, 0.3) is 0 Å². The van der Waals surface area contributed by atoms with Crippen molar-refractivity contribution in [2.75, 3.05) is 7.11 Å². The van der Waals surface area contributed by atoms with Crippen LogP contribution in [0.3, 0.4) is 0 Å². The van der Waals surface area contributed by atoms with Gasteiger partial charge in [-0.15, -0.1) is 0 Å². The van der Waals surface area contributed by atoms with Crippen molar-refractivity contribution in [1.82, 2.24) is 0 Å². The van der Waals surface area contributed by atoms with Gasteiger partial charge in [0.1, 0.15) is 0 Å². The normalized spacial score (nSPS) is 10.3. The zero-order chi connectivity index (χ0) is 13.8. The van der Waals surface area contributed by atoms with E-state index < -0.39 is 0 Å². The molecule has 2 aromatic rings. The number of carbonyl (C=O) groups is 1. The van der Waals surface area contributed by atoms with E-state index in [9.17, 15) is 4.79 Å². The van der Waals surface area contributed by atoms with Crippen LogP contribution in [0.15, 0.2) is 42.5 Å². The zero-order valence-electron chi connectivity index (χ0n) is 11.6. The van der Waals surface area contributed by atoms with E-state index in [0.717, 1.165) is 17.5 Å². The number of esters is 1. The molecule has 2 heteroatoms. The Hall–Kier alpha value is -2.09. The Bertz CT molecular complexity index is 586. The minimum Gasteiger partial charge on any atom is -0.465 e. The number of ether oxygens (including phenoxy) is 1. The molecular weight excluding hydrogens is 236 g/mol. The first-order valence-electron chi connectivity index (χ1n) is 6.44. The van der Waals surface area contributed by atoms with Crippen molar-refractivity contribution in [3.05, 3.63) is 59.2 Å². The molecule has 0 bridgehead atoms. The third-order valence-corrected chi connectivity index (χ3v) is 3.32. The maximum absolute atomic E-state index is 11.8. The van der Waals surface area contributed by atoms with Gasteiger partial charge in [-0.2, -0.15) is 0 Å². The lowest BCUT2D eigenvalue weighted by molar-refractivity contribution is 0.0599. The highest BCUT2D eigenvalue weighted by Crippen LogP contribution is 2.27. The van der Waals surface area contributed by atoms with E-state index in [-0.39, 0.29) is 5.97 Å². The molecule has 98 valence electrons. The smallest absolute Gasteiger partial charge is 0.338 e. The molecule has 0 aliphatic heterocycles. The average Bonchev–Trinajstić information content (AvgIpc) is 2.47. The highest BCUT2D eigenvalue weighted by molar-refractivity contribution is 5.92. The topological polar surface area (TPSA) is 26.3 Å². The number of carbonyl (C=O) groups excluding carboxylic acids is 1. The quantitative estimate of drug-likeness (QED) is 0.773. The van der Waals surface area contributed by atoms with Gasteiger partial charge in [-0.3, -0.25) is 0 Å². The largest absolute Gasteiger partial charge is 0.465 e. The van der Waals surface area contributed by atoms with Crippen molar-refractivity contribution in [2.45, 2.75) is 20.3 Å². The predicted octanol–water partition coefficient (Wildman–Crippen LogP) is 4.01. The average molecular weight is 254 g/mol. The predicted molar refractivity (Wildman–Crippen MR) is 77.3 cm³/mol.